The normalized spacial score (nSPS) is 11.1. The van der Waals surface area contributed by atoms with Gasteiger partial charge in [0.05, 0.1) is 16.7 Å². The summed E-state index contributed by atoms with van der Waals surface area (Å²) in [6.45, 7) is 4.20. The quantitative estimate of drug-likeness (QED) is 0.617. The zero-order valence-corrected chi connectivity index (χ0v) is 13.1. The lowest BCUT2D eigenvalue weighted by Gasteiger charge is -2.09. The summed E-state index contributed by atoms with van der Waals surface area (Å²) >= 11 is 8.99. The van der Waals surface area contributed by atoms with Gasteiger partial charge in [0.1, 0.15) is 0 Å². The largest absolute Gasteiger partial charge is 0.330 e. The first kappa shape index (κ1) is 12.6. The van der Waals surface area contributed by atoms with Gasteiger partial charge in [0, 0.05) is 4.47 Å². The van der Waals surface area contributed by atoms with Gasteiger partial charge in [-0.3, -0.25) is 4.57 Å². The van der Waals surface area contributed by atoms with Crippen molar-refractivity contribution in [2.24, 2.45) is 0 Å². The number of halogens is 1. The summed E-state index contributed by atoms with van der Waals surface area (Å²) in [5.41, 5.74) is 5.71. The highest BCUT2D eigenvalue weighted by molar-refractivity contribution is 9.10. The van der Waals surface area contributed by atoms with Gasteiger partial charge in [-0.2, -0.15) is 0 Å². The van der Waals surface area contributed by atoms with Gasteiger partial charge in [-0.25, -0.2) is 0 Å². The Hall–Kier alpha value is -1.39. The molecular weight excluding hydrogens is 320 g/mol. The van der Waals surface area contributed by atoms with Crippen LogP contribution in [0.2, 0.25) is 0 Å². The van der Waals surface area contributed by atoms with Gasteiger partial charge in [0.2, 0.25) is 0 Å². The van der Waals surface area contributed by atoms with E-state index in [0.29, 0.717) is 0 Å². The maximum Gasteiger partial charge on any atom is 0.182 e. The Morgan fingerprint density at radius 3 is 2.68 bits per heavy atom. The van der Waals surface area contributed by atoms with Gasteiger partial charge in [-0.15, -0.1) is 0 Å². The van der Waals surface area contributed by atoms with Crippen molar-refractivity contribution >= 4 is 39.2 Å². The Kier molecular flexibility index (Phi) is 3.07. The Morgan fingerprint density at radius 1 is 1.11 bits per heavy atom. The van der Waals surface area contributed by atoms with E-state index >= 15 is 0 Å². The summed E-state index contributed by atoms with van der Waals surface area (Å²) in [5.74, 6) is 0. The molecule has 1 N–H and O–H groups in total. The summed E-state index contributed by atoms with van der Waals surface area (Å²) in [4.78, 5) is 3.26. The molecule has 3 rings (SSSR count). The summed E-state index contributed by atoms with van der Waals surface area (Å²) in [7, 11) is 0. The fraction of sp³-hybridized carbons (Fsp3) is 0.133. The number of aryl methyl sites for hydroxylation is 2. The first-order valence-corrected chi connectivity index (χ1v) is 7.24. The lowest BCUT2D eigenvalue weighted by molar-refractivity contribution is 1.04. The topological polar surface area (TPSA) is 20.7 Å². The van der Waals surface area contributed by atoms with Gasteiger partial charge < -0.3 is 4.98 Å². The van der Waals surface area contributed by atoms with Crippen molar-refractivity contribution in [3.05, 3.63) is 56.8 Å². The van der Waals surface area contributed by atoms with Crippen LogP contribution in [0, 0.1) is 18.6 Å². The van der Waals surface area contributed by atoms with E-state index in [1.807, 2.05) is 12.1 Å². The van der Waals surface area contributed by atoms with Gasteiger partial charge in [0.25, 0.3) is 0 Å². The molecule has 96 valence electrons. The molecule has 0 atom stereocenters. The van der Waals surface area contributed by atoms with Gasteiger partial charge in [-0.1, -0.05) is 28.1 Å². The molecule has 2 aromatic carbocycles. The van der Waals surface area contributed by atoms with Crippen molar-refractivity contribution in [3.8, 4) is 5.69 Å². The molecule has 0 aliphatic rings. The molecule has 0 unspecified atom stereocenters. The molecule has 0 radical (unpaired) electrons. The lowest BCUT2D eigenvalue weighted by Crippen LogP contribution is -1.97. The molecule has 0 bridgehead atoms. The van der Waals surface area contributed by atoms with Crippen molar-refractivity contribution < 1.29 is 0 Å². The lowest BCUT2D eigenvalue weighted by atomic mass is 10.1. The number of H-pyrrole nitrogens is 1. The van der Waals surface area contributed by atoms with Crippen LogP contribution < -0.4 is 0 Å². The molecule has 1 aromatic heterocycles. The maximum atomic E-state index is 5.47. The second kappa shape index (κ2) is 4.62. The van der Waals surface area contributed by atoms with Crippen LogP contribution in [0.15, 0.2) is 40.9 Å². The van der Waals surface area contributed by atoms with Crippen LogP contribution in [0.4, 0.5) is 0 Å². The van der Waals surface area contributed by atoms with Gasteiger partial charge >= 0.3 is 0 Å². The van der Waals surface area contributed by atoms with Gasteiger partial charge in [-0.05, 0) is 61.5 Å². The predicted molar refractivity (Wildman–Crippen MR) is 85.6 cm³/mol. The number of hydrogen-bond acceptors (Lipinski definition) is 1. The molecule has 4 heteroatoms. The third-order valence-corrected chi connectivity index (χ3v) is 4.03. The molecular formula is C15H13BrN2S. The molecule has 0 fully saturated rings. The number of benzene rings is 2. The van der Waals surface area contributed by atoms with Crippen molar-refractivity contribution in [1.82, 2.24) is 9.55 Å². The SMILES string of the molecule is Cc1ccc(C)c(-n2c(=S)[nH]c3ccc(Br)cc32)c1. The van der Waals surface area contributed by atoms with E-state index in [1.54, 1.807) is 0 Å². The minimum atomic E-state index is 0.724. The van der Waals surface area contributed by atoms with E-state index in [1.165, 1.54) is 11.1 Å². The van der Waals surface area contributed by atoms with E-state index in [9.17, 15) is 0 Å². The number of hydrogen-bond donors (Lipinski definition) is 1. The monoisotopic (exact) mass is 332 g/mol. The third kappa shape index (κ3) is 2.15. The van der Waals surface area contributed by atoms with Crippen molar-refractivity contribution in [3.63, 3.8) is 0 Å². The molecule has 1 heterocycles. The number of rotatable bonds is 1. The van der Waals surface area contributed by atoms with E-state index in [0.717, 1.165) is 26.0 Å². The Bertz CT molecular complexity index is 830. The van der Waals surface area contributed by atoms with E-state index in [2.05, 4.69) is 63.6 Å². The fourth-order valence-corrected chi connectivity index (χ4v) is 2.93. The highest BCUT2D eigenvalue weighted by Gasteiger charge is 2.09. The highest BCUT2D eigenvalue weighted by Crippen LogP contribution is 2.25. The van der Waals surface area contributed by atoms with Crippen LogP contribution >= 0.6 is 28.1 Å². The van der Waals surface area contributed by atoms with Crippen molar-refractivity contribution in [2.75, 3.05) is 0 Å². The maximum absolute atomic E-state index is 5.47. The minimum absolute atomic E-state index is 0.724. The molecule has 19 heavy (non-hydrogen) atoms. The van der Waals surface area contributed by atoms with E-state index in [4.69, 9.17) is 12.2 Å². The number of nitrogens with one attached hydrogen (secondary N) is 1. The third-order valence-electron chi connectivity index (χ3n) is 3.25. The molecule has 0 amide bonds. The van der Waals surface area contributed by atoms with E-state index in [-0.39, 0.29) is 0 Å². The summed E-state index contributed by atoms with van der Waals surface area (Å²) < 4.78 is 3.87. The van der Waals surface area contributed by atoms with Crippen LogP contribution in [0.5, 0.6) is 0 Å². The zero-order valence-electron chi connectivity index (χ0n) is 10.7. The number of aromatic amines is 1. The molecule has 3 aromatic rings. The summed E-state index contributed by atoms with van der Waals surface area (Å²) in [6, 6.07) is 12.6. The molecule has 0 saturated carbocycles. The average molecular weight is 333 g/mol. The van der Waals surface area contributed by atoms with Crippen LogP contribution in [0.25, 0.3) is 16.7 Å². The fourth-order valence-electron chi connectivity index (χ4n) is 2.28. The predicted octanol–water partition coefficient (Wildman–Crippen LogP) is 5.07. The van der Waals surface area contributed by atoms with Crippen LogP contribution in [-0.4, -0.2) is 9.55 Å². The zero-order chi connectivity index (χ0) is 13.6. The van der Waals surface area contributed by atoms with Gasteiger partial charge in [0.15, 0.2) is 4.77 Å². The first-order chi connectivity index (χ1) is 9.06. The number of imidazole rings is 1. The van der Waals surface area contributed by atoms with Crippen molar-refractivity contribution in [1.29, 1.82) is 0 Å². The smallest absolute Gasteiger partial charge is 0.182 e. The number of aromatic nitrogens is 2. The van der Waals surface area contributed by atoms with Crippen LogP contribution in [-0.2, 0) is 0 Å². The summed E-state index contributed by atoms with van der Waals surface area (Å²) in [5, 5.41) is 0. The van der Waals surface area contributed by atoms with Crippen LogP contribution in [0.1, 0.15) is 11.1 Å². The van der Waals surface area contributed by atoms with Crippen LogP contribution in [0.3, 0.4) is 0 Å². The molecule has 0 aliphatic heterocycles. The van der Waals surface area contributed by atoms with Crippen molar-refractivity contribution in [2.45, 2.75) is 13.8 Å². The Balaban J connectivity index is 2.42. The minimum Gasteiger partial charge on any atom is -0.330 e. The standard InChI is InChI=1S/C15H13BrN2S/c1-9-3-4-10(2)13(7-9)18-14-8-11(16)5-6-12(14)17-15(18)19/h3-8H,1-2H3,(H,17,19). The highest BCUT2D eigenvalue weighted by atomic mass is 79.9. The molecule has 0 saturated heterocycles. The molecule has 2 nitrogen and oxygen atoms in total. The average Bonchev–Trinajstić information content (AvgIpc) is 2.68. The Labute approximate surface area is 125 Å². The molecule has 0 spiro atoms. The number of fused-ring (bicyclic) bond motifs is 1. The first-order valence-electron chi connectivity index (χ1n) is 6.04. The van der Waals surface area contributed by atoms with E-state index < -0.39 is 0 Å². The second-order valence-electron chi connectivity index (χ2n) is 4.72. The summed E-state index contributed by atoms with van der Waals surface area (Å²) in [6.07, 6.45) is 0. The molecule has 0 aliphatic carbocycles. The Morgan fingerprint density at radius 2 is 1.89 bits per heavy atom. The second-order valence-corrected chi connectivity index (χ2v) is 6.02. The number of nitrogens with zero attached hydrogens (tertiary/aromatic N) is 1.